The van der Waals surface area contributed by atoms with E-state index >= 15 is 0 Å². The highest BCUT2D eigenvalue weighted by atomic mass is 16.5. The van der Waals surface area contributed by atoms with Gasteiger partial charge in [-0.25, -0.2) is 14.8 Å². The molecule has 0 fully saturated rings. The number of primary amides is 1. The van der Waals surface area contributed by atoms with Gasteiger partial charge in [-0.1, -0.05) is 24.3 Å². The van der Waals surface area contributed by atoms with Crippen LogP contribution in [0.3, 0.4) is 0 Å². The number of aromatic nitrogens is 1. The van der Waals surface area contributed by atoms with E-state index in [1.165, 1.54) is 11.1 Å². The van der Waals surface area contributed by atoms with Gasteiger partial charge in [0.1, 0.15) is 12.4 Å². The minimum absolute atomic E-state index is 0.204. The zero-order valence-electron chi connectivity index (χ0n) is 11.5. The first-order valence-corrected chi connectivity index (χ1v) is 6.67. The number of nitrogens with two attached hydrogens (primary N) is 1. The summed E-state index contributed by atoms with van der Waals surface area (Å²) in [6.07, 6.45) is 0.992. The van der Waals surface area contributed by atoms with Crippen molar-refractivity contribution in [3.05, 3.63) is 59.3 Å². The first-order chi connectivity index (χ1) is 10.2. The third-order valence-electron chi connectivity index (χ3n) is 3.39. The van der Waals surface area contributed by atoms with Gasteiger partial charge >= 0.3 is 6.09 Å². The van der Waals surface area contributed by atoms with Crippen molar-refractivity contribution in [3.8, 4) is 0 Å². The molecule has 0 aliphatic carbocycles. The molecular weight excluding hydrogens is 268 g/mol. The number of hydrazine groups is 1. The van der Waals surface area contributed by atoms with Crippen LogP contribution in [0.15, 0.2) is 42.6 Å². The van der Waals surface area contributed by atoms with Crippen molar-refractivity contribution < 1.29 is 9.53 Å². The van der Waals surface area contributed by atoms with Crippen LogP contribution in [0.25, 0.3) is 0 Å². The number of nitrogens with zero attached hydrogens (tertiary/aromatic N) is 2. The number of ether oxygens (including phenoxy) is 1. The molecule has 108 valence electrons. The molecule has 0 unspecified atom stereocenters. The Morgan fingerprint density at radius 1 is 1.29 bits per heavy atom. The molecule has 1 aliphatic rings. The second-order valence-electron chi connectivity index (χ2n) is 4.85. The van der Waals surface area contributed by atoms with Gasteiger partial charge in [0.05, 0.1) is 0 Å². The summed E-state index contributed by atoms with van der Waals surface area (Å²) < 4.78 is 4.89. The average Bonchev–Trinajstić information content (AvgIpc) is 2.89. The lowest BCUT2D eigenvalue weighted by molar-refractivity contribution is 0.150. The molecule has 2 aromatic rings. The summed E-state index contributed by atoms with van der Waals surface area (Å²) >= 11 is 0. The van der Waals surface area contributed by atoms with Gasteiger partial charge in [0.15, 0.2) is 0 Å². The van der Waals surface area contributed by atoms with Gasteiger partial charge in [0, 0.05) is 19.3 Å². The molecule has 3 rings (SSSR count). The van der Waals surface area contributed by atoms with Gasteiger partial charge in [-0.2, -0.15) is 0 Å². The van der Waals surface area contributed by atoms with E-state index in [9.17, 15) is 4.79 Å². The molecule has 21 heavy (non-hydrogen) atoms. The van der Waals surface area contributed by atoms with E-state index in [-0.39, 0.29) is 6.61 Å². The summed E-state index contributed by atoms with van der Waals surface area (Å²) in [5.74, 6) is 0.806. The number of pyridine rings is 1. The molecule has 0 spiro atoms. The molecule has 3 N–H and O–H groups in total. The summed E-state index contributed by atoms with van der Waals surface area (Å²) in [6, 6.07) is 11.7. The summed E-state index contributed by atoms with van der Waals surface area (Å²) in [7, 11) is 0. The molecular formula is C15H16N4O2. The van der Waals surface area contributed by atoms with Gasteiger partial charge in [0.25, 0.3) is 0 Å². The van der Waals surface area contributed by atoms with E-state index in [1.54, 1.807) is 6.20 Å². The number of nitrogens with one attached hydrogen (secondary N) is 1. The van der Waals surface area contributed by atoms with Crippen LogP contribution in [0.4, 0.5) is 10.6 Å². The first-order valence-electron chi connectivity index (χ1n) is 6.67. The van der Waals surface area contributed by atoms with E-state index < -0.39 is 6.09 Å². The number of hydrogen-bond donors (Lipinski definition) is 2. The summed E-state index contributed by atoms with van der Waals surface area (Å²) in [5.41, 5.74) is 11.7. The van der Waals surface area contributed by atoms with E-state index in [4.69, 9.17) is 10.5 Å². The quantitative estimate of drug-likeness (QED) is 0.897. The Labute approximate surface area is 122 Å². The molecule has 0 saturated heterocycles. The van der Waals surface area contributed by atoms with Gasteiger partial charge < -0.3 is 15.9 Å². The van der Waals surface area contributed by atoms with Crippen LogP contribution in [0, 0.1) is 0 Å². The smallest absolute Gasteiger partial charge is 0.404 e. The molecule has 6 nitrogen and oxygen atoms in total. The fourth-order valence-corrected chi connectivity index (χ4v) is 2.45. The molecule has 0 radical (unpaired) electrons. The molecule has 1 aromatic heterocycles. The van der Waals surface area contributed by atoms with Gasteiger partial charge in [0.2, 0.25) is 0 Å². The van der Waals surface area contributed by atoms with Crippen LogP contribution in [-0.4, -0.2) is 16.1 Å². The third kappa shape index (κ3) is 3.11. The normalized spacial score (nSPS) is 13.7. The number of carbonyl (C=O) groups excluding carboxylic acids is 1. The highest BCUT2D eigenvalue weighted by Crippen LogP contribution is 2.26. The van der Waals surface area contributed by atoms with Crippen LogP contribution in [-0.2, 0) is 24.4 Å². The lowest BCUT2D eigenvalue weighted by atomic mass is 10.0. The minimum atomic E-state index is -0.755. The van der Waals surface area contributed by atoms with Crippen molar-refractivity contribution >= 4 is 11.9 Å². The predicted octanol–water partition coefficient (Wildman–Crippen LogP) is 2.02. The molecule has 1 aromatic carbocycles. The highest BCUT2D eigenvalue weighted by Gasteiger charge is 2.21. The van der Waals surface area contributed by atoms with Gasteiger partial charge in [-0.3, -0.25) is 0 Å². The second kappa shape index (κ2) is 5.80. The molecule has 0 atom stereocenters. The van der Waals surface area contributed by atoms with E-state index in [2.05, 4.69) is 21.5 Å². The van der Waals surface area contributed by atoms with E-state index in [1.807, 2.05) is 30.3 Å². The fourth-order valence-electron chi connectivity index (χ4n) is 2.45. The van der Waals surface area contributed by atoms with Crippen LogP contribution in [0.1, 0.15) is 16.7 Å². The van der Waals surface area contributed by atoms with Gasteiger partial charge in [-0.15, -0.1) is 0 Å². The minimum Gasteiger partial charge on any atom is -0.445 e. The number of rotatable bonds is 4. The summed E-state index contributed by atoms with van der Waals surface area (Å²) in [4.78, 5) is 15.0. The maximum atomic E-state index is 10.7. The van der Waals surface area contributed by atoms with Crippen molar-refractivity contribution in [2.24, 2.45) is 5.73 Å². The number of carbonyl (C=O) groups is 1. The first kappa shape index (κ1) is 13.4. The van der Waals surface area contributed by atoms with Crippen molar-refractivity contribution in [1.82, 2.24) is 9.99 Å². The Morgan fingerprint density at radius 2 is 2.19 bits per heavy atom. The Kier molecular flexibility index (Phi) is 3.70. The number of amides is 1. The Hall–Kier alpha value is -2.60. The third-order valence-corrected chi connectivity index (χ3v) is 3.39. The molecule has 0 saturated carbocycles. The molecule has 2 heterocycles. The fraction of sp³-hybridized carbons (Fsp3) is 0.200. The number of anilines is 1. The number of fused-ring (bicyclic) bond motifs is 1. The van der Waals surface area contributed by atoms with Crippen LogP contribution < -0.4 is 11.2 Å². The lowest BCUT2D eigenvalue weighted by Gasteiger charge is -2.17. The Morgan fingerprint density at radius 3 is 2.95 bits per heavy atom. The lowest BCUT2D eigenvalue weighted by Crippen LogP contribution is -2.24. The monoisotopic (exact) mass is 284 g/mol. The Bertz CT molecular complexity index is 645. The van der Waals surface area contributed by atoms with Gasteiger partial charge in [-0.05, 0) is 28.8 Å². The van der Waals surface area contributed by atoms with Crippen molar-refractivity contribution in [2.45, 2.75) is 19.7 Å². The van der Waals surface area contributed by atoms with Crippen LogP contribution in [0.2, 0.25) is 0 Å². The molecule has 6 heteroatoms. The SMILES string of the molecule is NC(=O)OCc1cccc2c1CN(Nc1ccccn1)C2. The van der Waals surface area contributed by atoms with E-state index in [0.29, 0.717) is 0 Å². The predicted molar refractivity (Wildman–Crippen MR) is 77.9 cm³/mol. The second-order valence-corrected chi connectivity index (χ2v) is 4.85. The standard InChI is InChI=1S/C15H16N4O2/c16-15(20)21-10-12-5-3-4-11-8-19(9-13(11)12)18-14-6-1-2-7-17-14/h1-7H,8-10H2,(H2,16,20)(H,17,18). The topological polar surface area (TPSA) is 80.5 Å². The van der Waals surface area contributed by atoms with Crippen molar-refractivity contribution in [3.63, 3.8) is 0 Å². The molecule has 1 amide bonds. The maximum absolute atomic E-state index is 10.7. The zero-order chi connectivity index (χ0) is 14.7. The van der Waals surface area contributed by atoms with Crippen molar-refractivity contribution in [1.29, 1.82) is 0 Å². The average molecular weight is 284 g/mol. The molecule has 0 bridgehead atoms. The summed E-state index contributed by atoms with van der Waals surface area (Å²) in [5, 5.41) is 2.07. The number of hydrogen-bond acceptors (Lipinski definition) is 5. The number of benzene rings is 1. The maximum Gasteiger partial charge on any atom is 0.404 e. The van der Waals surface area contributed by atoms with Crippen LogP contribution in [0.5, 0.6) is 0 Å². The largest absolute Gasteiger partial charge is 0.445 e. The van der Waals surface area contributed by atoms with Crippen LogP contribution >= 0.6 is 0 Å². The highest BCUT2D eigenvalue weighted by molar-refractivity contribution is 5.64. The zero-order valence-corrected chi connectivity index (χ0v) is 11.5. The Balaban J connectivity index is 1.71. The summed E-state index contributed by atoms with van der Waals surface area (Å²) in [6.45, 7) is 1.70. The molecule has 1 aliphatic heterocycles. The van der Waals surface area contributed by atoms with E-state index in [0.717, 1.165) is 24.5 Å². The van der Waals surface area contributed by atoms with Crippen molar-refractivity contribution in [2.75, 3.05) is 5.43 Å².